The van der Waals surface area contributed by atoms with Gasteiger partial charge in [-0.15, -0.1) is 23.1 Å². The van der Waals surface area contributed by atoms with Crippen LogP contribution in [0.1, 0.15) is 5.56 Å². The van der Waals surface area contributed by atoms with Gasteiger partial charge in [0.1, 0.15) is 0 Å². The number of hydrogen-bond donors (Lipinski definition) is 0. The van der Waals surface area contributed by atoms with Crippen LogP contribution in [0.2, 0.25) is 0 Å². The Balaban J connectivity index is 1.57. The summed E-state index contributed by atoms with van der Waals surface area (Å²) in [6.45, 7) is 0. The van der Waals surface area contributed by atoms with Crippen molar-refractivity contribution in [2.45, 2.75) is 20.2 Å². The van der Waals surface area contributed by atoms with Gasteiger partial charge in [0.05, 0.1) is 14.8 Å². The maximum atomic E-state index is 4.80. The van der Waals surface area contributed by atoms with Crippen LogP contribution in [0.25, 0.3) is 10.2 Å². The molecule has 0 saturated heterocycles. The molecule has 1 heterocycles. The number of hydrogen-bond acceptors (Lipinski definition) is 4. The van der Waals surface area contributed by atoms with E-state index in [2.05, 4.69) is 84.9 Å². The molecule has 0 bridgehead atoms. The molecule has 4 aromatic rings. The van der Waals surface area contributed by atoms with E-state index in [0.717, 1.165) is 16.3 Å². The summed E-state index contributed by atoms with van der Waals surface area (Å²) in [7, 11) is 0. The summed E-state index contributed by atoms with van der Waals surface area (Å²) in [6.07, 6.45) is 1.01. The molecule has 1 atom stereocenters. The molecule has 0 fully saturated rings. The Morgan fingerprint density at radius 2 is 1.44 bits per heavy atom. The molecule has 3 aromatic carbocycles. The Kier molecular flexibility index (Phi) is 5.40. The number of fused-ring (bicyclic) bond motifs is 1. The number of thioether (sulfide) groups is 2. The fourth-order valence-corrected chi connectivity index (χ4v) is 6.61. The van der Waals surface area contributed by atoms with E-state index in [4.69, 9.17) is 4.98 Å². The Labute approximate surface area is 160 Å². The summed E-state index contributed by atoms with van der Waals surface area (Å²) in [4.78, 5) is 6.11. The standard InChI is InChI=1S/C21H17NS3/c1-3-9-16(10-4-1)15-20(23-17-11-5-2-6-12-17)25-21-22-18-13-7-8-14-19(18)24-21/h1-14,20H,15H2. The summed E-state index contributed by atoms with van der Waals surface area (Å²) in [5.41, 5.74) is 2.46. The second-order valence-electron chi connectivity index (χ2n) is 5.62. The van der Waals surface area contributed by atoms with Crippen molar-refractivity contribution in [3.63, 3.8) is 0 Å². The summed E-state index contributed by atoms with van der Waals surface area (Å²) < 4.78 is 2.80. The van der Waals surface area contributed by atoms with Crippen molar-refractivity contribution in [1.82, 2.24) is 4.98 Å². The van der Waals surface area contributed by atoms with E-state index in [1.165, 1.54) is 15.2 Å². The van der Waals surface area contributed by atoms with Crippen LogP contribution in [-0.2, 0) is 6.42 Å². The van der Waals surface area contributed by atoms with Gasteiger partial charge in [0.2, 0.25) is 0 Å². The van der Waals surface area contributed by atoms with Crippen molar-refractivity contribution < 1.29 is 0 Å². The highest BCUT2D eigenvalue weighted by atomic mass is 32.2. The lowest BCUT2D eigenvalue weighted by Crippen LogP contribution is -2.02. The van der Waals surface area contributed by atoms with Crippen LogP contribution in [0.15, 0.2) is 94.2 Å². The summed E-state index contributed by atoms with van der Waals surface area (Å²) in [5, 5.41) is 0. The van der Waals surface area contributed by atoms with Gasteiger partial charge in [-0.2, -0.15) is 0 Å². The number of rotatable bonds is 6. The third kappa shape index (κ3) is 4.46. The quantitative estimate of drug-likeness (QED) is 0.272. The van der Waals surface area contributed by atoms with Gasteiger partial charge in [0, 0.05) is 4.90 Å². The fourth-order valence-electron chi connectivity index (χ4n) is 2.58. The van der Waals surface area contributed by atoms with Gasteiger partial charge in [-0.1, -0.05) is 72.4 Å². The second-order valence-corrected chi connectivity index (χ2v) is 9.67. The molecule has 1 aromatic heterocycles. The average molecular weight is 380 g/mol. The molecule has 0 N–H and O–H groups in total. The Morgan fingerprint density at radius 3 is 2.20 bits per heavy atom. The largest absolute Gasteiger partial charge is 0.230 e. The van der Waals surface area contributed by atoms with E-state index in [0.29, 0.717) is 4.58 Å². The molecule has 4 rings (SSSR count). The van der Waals surface area contributed by atoms with Crippen LogP contribution < -0.4 is 0 Å². The predicted octanol–water partition coefficient (Wildman–Crippen LogP) is 6.75. The first kappa shape index (κ1) is 16.7. The molecule has 124 valence electrons. The smallest absolute Gasteiger partial charge is 0.152 e. The van der Waals surface area contributed by atoms with Crippen LogP contribution in [0, 0.1) is 0 Å². The number of benzene rings is 3. The number of aromatic nitrogens is 1. The molecular formula is C21H17NS3. The third-order valence-corrected chi connectivity index (χ3v) is 7.41. The number of para-hydroxylation sites is 1. The lowest BCUT2D eigenvalue weighted by Gasteiger charge is -2.15. The van der Waals surface area contributed by atoms with Crippen molar-refractivity contribution >= 4 is 45.1 Å². The monoisotopic (exact) mass is 379 g/mol. The van der Waals surface area contributed by atoms with E-state index in [-0.39, 0.29) is 0 Å². The minimum Gasteiger partial charge on any atom is -0.230 e. The van der Waals surface area contributed by atoms with Gasteiger partial charge in [0.15, 0.2) is 4.34 Å². The predicted molar refractivity (Wildman–Crippen MR) is 112 cm³/mol. The first-order chi connectivity index (χ1) is 12.4. The van der Waals surface area contributed by atoms with E-state index >= 15 is 0 Å². The van der Waals surface area contributed by atoms with Crippen molar-refractivity contribution in [1.29, 1.82) is 0 Å². The highest BCUT2D eigenvalue weighted by Gasteiger charge is 2.16. The Morgan fingerprint density at radius 1 is 0.760 bits per heavy atom. The Bertz CT molecular complexity index is 860. The summed E-state index contributed by atoms with van der Waals surface area (Å²) >= 11 is 5.58. The zero-order valence-corrected chi connectivity index (χ0v) is 16.0. The van der Waals surface area contributed by atoms with Crippen LogP contribution >= 0.6 is 34.9 Å². The fraction of sp³-hybridized carbons (Fsp3) is 0.0952. The molecule has 0 aliphatic carbocycles. The van der Waals surface area contributed by atoms with Gasteiger partial charge in [0.25, 0.3) is 0 Å². The zero-order chi connectivity index (χ0) is 16.9. The maximum Gasteiger partial charge on any atom is 0.152 e. The second kappa shape index (κ2) is 8.09. The molecule has 4 heteroatoms. The molecule has 0 radical (unpaired) electrons. The van der Waals surface area contributed by atoms with Gasteiger partial charge < -0.3 is 0 Å². The molecule has 0 spiro atoms. The van der Waals surface area contributed by atoms with Crippen LogP contribution in [0.5, 0.6) is 0 Å². The van der Waals surface area contributed by atoms with E-state index < -0.39 is 0 Å². The van der Waals surface area contributed by atoms with Gasteiger partial charge in [-0.25, -0.2) is 4.98 Å². The van der Waals surface area contributed by atoms with Crippen LogP contribution in [0.3, 0.4) is 0 Å². The molecule has 25 heavy (non-hydrogen) atoms. The molecule has 0 aliphatic heterocycles. The van der Waals surface area contributed by atoms with Crippen molar-refractivity contribution in [3.8, 4) is 0 Å². The minimum absolute atomic E-state index is 0.394. The lowest BCUT2D eigenvalue weighted by atomic mass is 10.2. The van der Waals surface area contributed by atoms with Crippen LogP contribution in [-0.4, -0.2) is 9.57 Å². The first-order valence-corrected chi connectivity index (χ1v) is 10.7. The molecule has 1 nitrogen and oxygen atoms in total. The average Bonchev–Trinajstić information content (AvgIpc) is 3.05. The Hall–Kier alpha value is -1.75. The highest BCUT2D eigenvalue weighted by Crippen LogP contribution is 2.40. The van der Waals surface area contributed by atoms with E-state index in [9.17, 15) is 0 Å². The molecular weight excluding hydrogens is 362 g/mol. The number of thiazole rings is 1. The minimum atomic E-state index is 0.394. The SMILES string of the molecule is c1ccc(CC(Sc2ccccc2)Sc2nc3ccccc3s2)cc1. The lowest BCUT2D eigenvalue weighted by molar-refractivity contribution is 1.10. The van der Waals surface area contributed by atoms with Gasteiger partial charge in [-0.05, 0) is 36.2 Å². The molecule has 0 aliphatic rings. The maximum absolute atomic E-state index is 4.80. The van der Waals surface area contributed by atoms with Crippen molar-refractivity contribution in [2.75, 3.05) is 0 Å². The van der Waals surface area contributed by atoms with Crippen LogP contribution in [0.4, 0.5) is 0 Å². The third-order valence-electron chi connectivity index (χ3n) is 3.76. The summed E-state index contributed by atoms with van der Waals surface area (Å²) in [5.74, 6) is 0. The molecule has 1 unspecified atom stereocenters. The van der Waals surface area contributed by atoms with Crippen molar-refractivity contribution in [2.24, 2.45) is 0 Å². The molecule has 0 amide bonds. The zero-order valence-electron chi connectivity index (χ0n) is 13.5. The first-order valence-electron chi connectivity index (χ1n) is 8.15. The normalized spacial score (nSPS) is 12.3. The highest BCUT2D eigenvalue weighted by molar-refractivity contribution is 8.17. The van der Waals surface area contributed by atoms with E-state index in [1.807, 2.05) is 23.5 Å². The van der Waals surface area contributed by atoms with Gasteiger partial charge >= 0.3 is 0 Å². The molecule has 0 saturated carbocycles. The van der Waals surface area contributed by atoms with Crippen molar-refractivity contribution in [3.05, 3.63) is 90.5 Å². The van der Waals surface area contributed by atoms with E-state index in [1.54, 1.807) is 11.3 Å². The number of nitrogens with zero attached hydrogens (tertiary/aromatic N) is 1. The van der Waals surface area contributed by atoms with Gasteiger partial charge in [-0.3, -0.25) is 0 Å². The topological polar surface area (TPSA) is 12.9 Å². The summed E-state index contributed by atoms with van der Waals surface area (Å²) in [6, 6.07) is 29.7.